The molecule has 0 radical (unpaired) electrons. The van der Waals surface area contributed by atoms with Gasteiger partial charge in [0.2, 0.25) is 0 Å². The number of aromatic nitrogens is 1. The van der Waals surface area contributed by atoms with Gasteiger partial charge in [0.25, 0.3) is 0 Å². The first-order valence-corrected chi connectivity index (χ1v) is 9.84. The molecular formula is C16H26N5S2+. The molecule has 0 saturated carbocycles. The quantitative estimate of drug-likeness (QED) is 0.815. The molecule has 0 aromatic carbocycles. The summed E-state index contributed by atoms with van der Waals surface area (Å²) >= 11 is 3.31. The van der Waals surface area contributed by atoms with Crippen molar-refractivity contribution in [3.63, 3.8) is 0 Å². The van der Waals surface area contributed by atoms with E-state index in [2.05, 4.69) is 37.7 Å². The number of thioether (sulfide) groups is 1. The topological polar surface area (TPSA) is 66.2 Å². The second-order valence-corrected chi connectivity index (χ2v) is 6.33. The van der Waals surface area contributed by atoms with Crippen molar-refractivity contribution in [3.05, 3.63) is 40.6 Å². The Balaban J connectivity index is 0.000000189. The minimum absolute atomic E-state index is 0.817. The molecular weight excluding hydrogens is 326 g/mol. The molecule has 0 bridgehead atoms. The van der Waals surface area contributed by atoms with E-state index >= 15 is 0 Å². The van der Waals surface area contributed by atoms with Crippen LogP contribution < -0.4 is 10.6 Å². The van der Waals surface area contributed by atoms with Crippen molar-refractivity contribution < 1.29 is 5.32 Å². The Hall–Kier alpha value is -1.44. The van der Waals surface area contributed by atoms with Crippen LogP contribution in [0.15, 0.2) is 44.9 Å². The molecule has 1 unspecified atom stereocenters. The molecule has 2 aliphatic heterocycles. The highest BCUT2D eigenvalue weighted by Gasteiger charge is 2.18. The van der Waals surface area contributed by atoms with Gasteiger partial charge >= 0.3 is 0 Å². The molecule has 23 heavy (non-hydrogen) atoms. The van der Waals surface area contributed by atoms with E-state index < -0.39 is 0 Å². The number of quaternary nitrogens is 1. The van der Waals surface area contributed by atoms with E-state index in [0.29, 0.717) is 0 Å². The predicted molar refractivity (Wildman–Crippen MR) is 103 cm³/mol. The fourth-order valence-corrected chi connectivity index (χ4v) is 2.86. The lowest BCUT2D eigenvalue weighted by Crippen LogP contribution is -2.87. The van der Waals surface area contributed by atoms with E-state index in [9.17, 15) is 0 Å². The zero-order chi connectivity index (χ0) is 16.6. The molecule has 1 atom stereocenters. The van der Waals surface area contributed by atoms with E-state index in [-0.39, 0.29) is 0 Å². The number of rotatable bonds is 4. The third-order valence-electron chi connectivity index (χ3n) is 3.13. The molecule has 3 heterocycles. The Morgan fingerprint density at radius 3 is 2.91 bits per heavy atom. The highest BCUT2D eigenvalue weighted by molar-refractivity contribution is 8.01. The molecule has 2 aliphatic rings. The minimum atomic E-state index is 0.817. The van der Waals surface area contributed by atoms with Crippen LogP contribution in [0.25, 0.3) is 0 Å². The molecule has 1 aromatic rings. The number of aliphatic imine (C=N–C) groups is 2. The lowest BCUT2D eigenvalue weighted by molar-refractivity contribution is -0.669. The monoisotopic (exact) mass is 352 g/mol. The Morgan fingerprint density at radius 2 is 2.52 bits per heavy atom. The molecule has 126 valence electrons. The van der Waals surface area contributed by atoms with Crippen LogP contribution in [-0.2, 0) is 6.42 Å². The van der Waals surface area contributed by atoms with Crippen molar-refractivity contribution in [3.8, 4) is 0 Å². The van der Waals surface area contributed by atoms with Crippen molar-refractivity contribution in [2.45, 2.75) is 25.3 Å². The van der Waals surface area contributed by atoms with Crippen molar-refractivity contribution in [1.29, 1.82) is 0 Å². The minimum Gasteiger partial charge on any atom is -0.385 e. The fourth-order valence-electron chi connectivity index (χ4n) is 2.08. The van der Waals surface area contributed by atoms with E-state index in [4.69, 9.17) is 0 Å². The van der Waals surface area contributed by atoms with Crippen molar-refractivity contribution in [2.75, 3.05) is 19.3 Å². The van der Waals surface area contributed by atoms with Crippen molar-refractivity contribution >= 4 is 36.0 Å². The summed E-state index contributed by atoms with van der Waals surface area (Å²) in [6.07, 6.45) is 12.9. The normalized spacial score (nSPS) is 18.6. The Morgan fingerprint density at radius 1 is 1.61 bits per heavy atom. The van der Waals surface area contributed by atoms with Crippen LogP contribution in [0, 0.1) is 0 Å². The summed E-state index contributed by atoms with van der Waals surface area (Å²) in [5.74, 6) is 0. The molecule has 7 heteroatoms. The van der Waals surface area contributed by atoms with Gasteiger partial charge in [0.1, 0.15) is 0 Å². The fraction of sp³-hybridized carbons (Fsp3) is 0.438. The zero-order valence-corrected chi connectivity index (χ0v) is 15.2. The number of hydrogen-bond donors (Lipinski definition) is 2. The Labute approximate surface area is 147 Å². The number of hydrogen-bond acceptors (Lipinski definition) is 6. The van der Waals surface area contributed by atoms with Crippen molar-refractivity contribution in [1.82, 2.24) is 10.3 Å². The molecule has 0 aliphatic carbocycles. The van der Waals surface area contributed by atoms with Crippen LogP contribution in [0.5, 0.6) is 0 Å². The highest BCUT2D eigenvalue weighted by atomic mass is 32.2. The lowest BCUT2D eigenvalue weighted by atomic mass is 10.1. The van der Waals surface area contributed by atoms with Gasteiger partial charge in [0.15, 0.2) is 0 Å². The van der Waals surface area contributed by atoms with E-state index in [1.165, 1.54) is 31.5 Å². The van der Waals surface area contributed by atoms with Gasteiger partial charge in [-0.3, -0.25) is 9.98 Å². The van der Waals surface area contributed by atoms with Gasteiger partial charge in [-0.05, 0) is 18.4 Å². The molecule has 5 nitrogen and oxygen atoms in total. The summed E-state index contributed by atoms with van der Waals surface area (Å²) in [6, 6.07) is 0.817. The van der Waals surface area contributed by atoms with E-state index in [0.717, 1.165) is 12.6 Å². The van der Waals surface area contributed by atoms with Crippen LogP contribution in [0.4, 0.5) is 0 Å². The van der Waals surface area contributed by atoms with Crippen LogP contribution >= 0.6 is 23.1 Å². The van der Waals surface area contributed by atoms with Gasteiger partial charge in [-0.1, -0.05) is 0 Å². The summed E-state index contributed by atoms with van der Waals surface area (Å²) in [4.78, 5) is 11.6. The highest BCUT2D eigenvalue weighted by Crippen LogP contribution is 2.07. The maximum Gasteiger partial charge on any atom is 0.0917 e. The van der Waals surface area contributed by atoms with Gasteiger partial charge in [0, 0.05) is 56.0 Å². The van der Waals surface area contributed by atoms with Crippen LogP contribution in [0.3, 0.4) is 0 Å². The molecule has 1 aromatic heterocycles. The molecule has 1 saturated heterocycles. The first kappa shape index (κ1) is 19.6. The molecule has 3 N–H and O–H groups in total. The summed E-state index contributed by atoms with van der Waals surface area (Å²) in [5, 5.41) is 9.43. The summed E-state index contributed by atoms with van der Waals surface area (Å²) in [6.45, 7) is 5.43. The van der Waals surface area contributed by atoms with Crippen LogP contribution in [-0.4, -0.2) is 43.3 Å². The van der Waals surface area contributed by atoms with E-state index in [1.54, 1.807) is 35.5 Å². The second-order valence-electron chi connectivity index (χ2n) is 4.87. The predicted octanol–water partition coefficient (Wildman–Crippen LogP) is 2.06. The van der Waals surface area contributed by atoms with Gasteiger partial charge < -0.3 is 10.6 Å². The number of nitrogens with zero attached hydrogens (tertiary/aromatic N) is 3. The standard InChI is InChI=1S/C8H12N2S.C4H6N2.C4H7NS/c1-2-7(9-3-1)4-8-5-11-6-10-8;1-2-6-4-3-5-1;1-5-3-4-6-2/h5-7,9H,1-4H2;1-3,6H,4H2;3-4H,1H2,2H3/p+1/b;;4-3-. The third-order valence-corrected chi connectivity index (χ3v) is 4.16. The number of nitrogens with two attached hydrogens (primary N) is 1. The SMILES string of the molecule is C1=CNCC=N1.C=N/C=C\SC.c1nc(CC2CCC[NH2+]2)cs1. The summed E-state index contributed by atoms with van der Waals surface area (Å²) < 4.78 is 0. The molecule has 3 rings (SSSR count). The largest absolute Gasteiger partial charge is 0.385 e. The number of nitrogens with one attached hydrogen (secondary N) is 1. The molecule has 0 amide bonds. The zero-order valence-electron chi connectivity index (χ0n) is 13.6. The number of thiazole rings is 1. The summed E-state index contributed by atoms with van der Waals surface area (Å²) in [5.41, 5.74) is 3.20. The average Bonchev–Trinajstić information content (AvgIpc) is 3.30. The van der Waals surface area contributed by atoms with Gasteiger partial charge in [-0.15, -0.1) is 23.1 Å². The average molecular weight is 353 g/mol. The van der Waals surface area contributed by atoms with Gasteiger partial charge in [-0.25, -0.2) is 4.98 Å². The van der Waals surface area contributed by atoms with E-state index in [1.807, 2.05) is 29.6 Å². The molecule has 1 fully saturated rings. The second kappa shape index (κ2) is 14.2. The first-order chi connectivity index (χ1) is 11.4. The smallest absolute Gasteiger partial charge is 0.0917 e. The third kappa shape index (κ3) is 10.8. The maximum atomic E-state index is 4.28. The Bertz CT molecular complexity index is 462. The van der Waals surface area contributed by atoms with Gasteiger partial charge in [0.05, 0.1) is 23.8 Å². The Kier molecular flexibility index (Phi) is 12.1. The molecule has 0 spiro atoms. The first-order valence-electron chi connectivity index (χ1n) is 7.61. The van der Waals surface area contributed by atoms with Crippen LogP contribution in [0.1, 0.15) is 18.5 Å². The van der Waals surface area contributed by atoms with Crippen LogP contribution in [0.2, 0.25) is 0 Å². The van der Waals surface area contributed by atoms with Crippen molar-refractivity contribution in [2.24, 2.45) is 9.98 Å². The lowest BCUT2D eigenvalue weighted by Gasteiger charge is -2.02. The maximum absolute atomic E-state index is 4.28. The van der Waals surface area contributed by atoms with Gasteiger partial charge in [-0.2, -0.15) is 0 Å². The summed E-state index contributed by atoms with van der Waals surface area (Å²) in [7, 11) is 0.